The molecule has 5 nitrogen and oxygen atoms in total. The maximum absolute atomic E-state index is 12.4. The van der Waals surface area contributed by atoms with Crippen LogP contribution in [-0.2, 0) is 4.79 Å². The smallest absolute Gasteiger partial charge is 0.243 e. The van der Waals surface area contributed by atoms with Crippen molar-refractivity contribution in [1.29, 1.82) is 0 Å². The SMILES string of the molecule is Cc1cc(C)cc(NCC(=O)Nc2ccccc2OCCOc2ccccc2)c1. The van der Waals surface area contributed by atoms with Crippen molar-refractivity contribution in [1.82, 2.24) is 0 Å². The molecule has 29 heavy (non-hydrogen) atoms. The van der Waals surface area contributed by atoms with Crippen LogP contribution in [-0.4, -0.2) is 25.7 Å². The zero-order valence-corrected chi connectivity index (χ0v) is 16.8. The number of carbonyl (C=O) groups excluding carboxylic acids is 1. The fourth-order valence-electron chi connectivity index (χ4n) is 2.98. The quantitative estimate of drug-likeness (QED) is 0.515. The Kier molecular flexibility index (Phi) is 7.11. The van der Waals surface area contributed by atoms with Gasteiger partial charge in [0, 0.05) is 5.69 Å². The molecule has 0 fully saturated rings. The first-order valence-corrected chi connectivity index (χ1v) is 9.62. The molecule has 3 aromatic carbocycles. The number of aryl methyl sites for hydroxylation is 2. The van der Waals surface area contributed by atoms with E-state index in [4.69, 9.17) is 9.47 Å². The molecule has 0 atom stereocenters. The Bertz CT molecular complexity index is 922. The van der Waals surface area contributed by atoms with Gasteiger partial charge in [-0.2, -0.15) is 0 Å². The predicted octanol–water partition coefficient (Wildman–Crippen LogP) is 4.81. The van der Waals surface area contributed by atoms with Gasteiger partial charge >= 0.3 is 0 Å². The van der Waals surface area contributed by atoms with E-state index < -0.39 is 0 Å². The van der Waals surface area contributed by atoms with Crippen LogP contribution in [0.5, 0.6) is 11.5 Å². The monoisotopic (exact) mass is 390 g/mol. The van der Waals surface area contributed by atoms with Crippen LogP contribution in [0.3, 0.4) is 0 Å². The van der Waals surface area contributed by atoms with Crippen molar-refractivity contribution in [2.75, 3.05) is 30.4 Å². The molecule has 0 aliphatic rings. The molecule has 0 saturated heterocycles. The van der Waals surface area contributed by atoms with Crippen LogP contribution in [0.2, 0.25) is 0 Å². The first kappa shape index (κ1) is 20.3. The van der Waals surface area contributed by atoms with E-state index in [1.54, 1.807) is 0 Å². The first-order chi connectivity index (χ1) is 14.1. The van der Waals surface area contributed by atoms with Gasteiger partial charge in [-0.05, 0) is 61.4 Å². The summed E-state index contributed by atoms with van der Waals surface area (Å²) in [4.78, 5) is 12.4. The Morgan fingerprint density at radius 1 is 0.828 bits per heavy atom. The zero-order valence-electron chi connectivity index (χ0n) is 16.8. The molecule has 3 rings (SSSR count). The number of hydrogen-bond acceptors (Lipinski definition) is 4. The number of para-hydroxylation sites is 3. The van der Waals surface area contributed by atoms with Crippen molar-refractivity contribution < 1.29 is 14.3 Å². The number of carbonyl (C=O) groups is 1. The van der Waals surface area contributed by atoms with Gasteiger partial charge in [0.1, 0.15) is 24.7 Å². The minimum absolute atomic E-state index is 0.138. The lowest BCUT2D eigenvalue weighted by Gasteiger charge is -2.14. The van der Waals surface area contributed by atoms with E-state index in [0.717, 1.165) is 22.6 Å². The molecular weight excluding hydrogens is 364 g/mol. The number of rotatable bonds is 9. The number of ether oxygens (including phenoxy) is 2. The van der Waals surface area contributed by atoms with Crippen LogP contribution in [0.4, 0.5) is 11.4 Å². The average Bonchev–Trinajstić information content (AvgIpc) is 2.71. The van der Waals surface area contributed by atoms with E-state index in [1.165, 1.54) is 0 Å². The van der Waals surface area contributed by atoms with Crippen LogP contribution in [0.15, 0.2) is 72.8 Å². The van der Waals surface area contributed by atoms with Gasteiger partial charge < -0.3 is 20.1 Å². The molecule has 3 aromatic rings. The van der Waals surface area contributed by atoms with Gasteiger partial charge in [0.15, 0.2) is 0 Å². The molecule has 0 aromatic heterocycles. The van der Waals surface area contributed by atoms with Crippen molar-refractivity contribution in [3.63, 3.8) is 0 Å². The molecule has 0 unspecified atom stereocenters. The number of nitrogens with one attached hydrogen (secondary N) is 2. The third-order valence-electron chi connectivity index (χ3n) is 4.19. The fourth-order valence-corrected chi connectivity index (χ4v) is 2.98. The number of anilines is 2. The highest BCUT2D eigenvalue weighted by Crippen LogP contribution is 2.23. The molecule has 0 aliphatic heterocycles. The largest absolute Gasteiger partial charge is 0.490 e. The maximum Gasteiger partial charge on any atom is 0.243 e. The standard InChI is InChI=1S/C24H26N2O3/c1-18-14-19(2)16-20(15-18)25-17-24(27)26-22-10-6-7-11-23(22)29-13-12-28-21-8-4-3-5-9-21/h3-11,14-16,25H,12-13,17H2,1-2H3,(H,26,27). The van der Waals surface area contributed by atoms with E-state index in [0.29, 0.717) is 24.7 Å². The Morgan fingerprint density at radius 2 is 1.48 bits per heavy atom. The summed E-state index contributed by atoms with van der Waals surface area (Å²) in [6, 6.07) is 23.1. The second-order valence-corrected chi connectivity index (χ2v) is 6.78. The van der Waals surface area contributed by atoms with E-state index in [1.807, 2.05) is 80.6 Å². The van der Waals surface area contributed by atoms with E-state index in [-0.39, 0.29) is 12.5 Å². The van der Waals surface area contributed by atoms with Gasteiger partial charge in [-0.25, -0.2) is 0 Å². The normalized spacial score (nSPS) is 10.3. The van der Waals surface area contributed by atoms with Crippen molar-refractivity contribution in [3.05, 3.63) is 83.9 Å². The van der Waals surface area contributed by atoms with Crippen molar-refractivity contribution >= 4 is 17.3 Å². The first-order valence-electron chi connectivity index (χ1n) is 9.62. The van der Waals surface area contributed by atoms with Crippen molar-refractivity contribution in [2.24, 2.45) is 0 Å². The zero-order chi connectivity index (χ0) is 20.5. The summed E-state index contributed by atoms with van der Waals surface area (Å²) in [7, 11) is 0. The predicted molar refractivity (Wildman–Crippen MR) is 117 cm³/mol. The summed E-state index contributed by atoms with van der Waals surface area (Å²) in [5.41, 5.74) is 3.88. The van der Waals surface area contributed by atoms with E-state index in [9.17, 15) is 4.79 Å². The van der Waals surface area contributed by atoms with Gasteiger partial charge in [-0.15, -0.1) is 0 Å². The molecule has 0 aliphatic carbocycles. The molecule has 1 amide bonds. The Hall–Kier alpha value is -3.47. The number of hydrogen-bond donors (Lipinski definition) is 2. The molecule has 0 heterocycles. The van der Waals surface area contributed by atoms with Crippen molar-refractivity contribution in [3.8, 4) is 11.5 Å². The second-order valence-electron chi connectivity index (χ2n) is 6.78. The molecule has 0 radical (unpaired) electrons. The summed E-state index contributed by atoms with van der Waals surface area (Å²) >= 11 is 0. The Labute approximate surface area is 171 Å². The van der Waals surface area contributed by atoms with Gasteiger partial charge in [0.25, 0.3) is 0 Å². The number of amides is 1. The molecule has 0 bridgehead atoms. The highest BCUT2D eigenvalue weighted by atomic mass is 16.5. The minimum Gasteiger partial charge on any atom is -0.490 e. The Morgan fingerprint density at radius 3 is 2.24 bits per heavy atom. The van der Waals surface area contributed by atoms with Crippen LogP contribution in [0, 0.1) is 13.8 Å². The highest BCUT2D eigenvalue weighted by molar-refractivity contribution is 5.95. The Balaban J connectivity index is 1.49. The molecule has 0 saturated carbocycles. The molecule has 150 valence electrons. The summed E-state index contributed by atoms with van der Waals surface area (Å²) in [6.07, 6.45) is 0. The van der Waals surface area contributed by atoms with Crippen LogP contribution in [0.25, 0.3) is 0 Å². The topological polar surface area (TPSA) is 59.6 Å². The lowest BCUT2D eigenvalue weighted by atomic mass is 10.1. The van der Waals surface area contributed by atoms with Crippen LogP contribution < -0.4 is 20.1 Å². The fraction of sp³-hybridized carbons (Fsp3) is 0.208. The van der Waals surface area contributed by atoms with Gasteiger partial charge in [-0.3, -0.25) is 4.79 Å². The summed E-state index contributed by atoms with van der Waals surface area (Å²) in [5.74, 6) is 1.28. The summed E-state index contributed by atoms with van der Waals surface area (Å²) in [5, 5.41) is 6.06. The summed E-state index contributed by atoms with van der Waals surface area (Å²) < 4.78 is 11.4. The molecular formula is C24H26N2O3. The van der Waals surface area contributed by atoms with E-state index in [2.05, 4.69) is 16.7 Å². The van der Waals surface area contributed by atoms with Gasteiger partial charge in [-0.1, -0.05) is 36.4 Å². The van der Waals surface area contributed by atoms with Crippen molar-refractivity contribution in [2.45, 2.75) is 13.8 Å². The van der Waals surface area contributed by atoms with Gasteiger partial charge in [0.2, 0.25) is 5.91 Å². The third-order valence-corrected chi connectivity index (χ3v) is 4.19. The van der Waals surface area contributed by atoms with Gasteiger partial charge in [0.05, 0.1) is 12.2 Å². The second kappa shape index (κ2) is 10.2. The van der Waals surface area contributed by atoms with Crippen LogP contribution >= 0.6 is 0 Å². The molecule has 5 heteroatoms. The summed E-state index contributed by atoms with van der Waals surface area (Å²) in [6.45, 7) is 5.04. The minimum atomic E-state index is -0.138. The average molecular weight is 390 g/mol. The molecule has 2 N–H and O–H groups in total. The lowest BCUT2D eigenvalue weighted by Crippen LogP contribution is -2.22. The maximum atomic E-state index is 12.4. The van der Waals surface area contributed by atoms with E-state index >= 15 is 0 Å². The number of benzene rings is 3. The lowest BCUT2D eigenvalue weighted by molar-refractivity contribution is -0.114. The van der Waals surface area contributed by atoms with Crippen LogP contribution in [0.1, 0.15) is 11.1 Å². The molecule has 0 spiro atoms. The highest BCUT2D eigenvalue weighted by Gasteiger charge is 2.08. The third kappa shape index (κ3) is 6.57.